The molecule has 2 N–H and O–H groups in total. The van der Waals surface area contributed by atoms with E-state index in [4.69, 9.17) is 0 Å². The maximum absolute atomic E-state index is 13.1. The maximum atomic E-state index is 13.1. The van der Waals surface area contributed by atoms with Crippen LogP contribution in [0.15, 0.2) is 30.3 Å². The van der Waals surface area contributed by atoms with E-state index in [0.29, 0.717) is 12.1 Å². The molecule has 21 heavy (non-hydrogen) atoms. The van der Waals surface area contributed by atoms with E-state index >= 15 is 0 Å². The lowest BCUT2D eigenvalue weighted by atomic mass is 10.0. The molecule has 0 atom stereocenters. The molecule has 2 aromatic carbocycles. The third-order valence-corrected chi connectivity index (χ3v) is 2.65. The Morgan fingerprint density at radius 2 is 1.52 bits per heavy atom. The first-order valence-corrected chi connectivity index (χ1v) is 5.50. The zero-order valence-electron chi connectivity index (χ0n) is 10.2. The van der Waals surface area contributed by atoms with Crippen LogP contribution >= 0.6 is 0 Å². The van der Waals surface area contributed by atoms with Crippen LogP contribution in [0.3, 0.4) is 0 Å². The van der Waals surface area contributed by atoms with Gasteiger partial charge in [0.2, 0.25) is 5.75 Å². The molecule has 0 aliphatic rings. The number of hydrogen-bond acceptors (Lipinski definition) is 5. The van der Waals surface area contributed by atoms with E-state index < -0.39 is 39.5 Å². The maximum Gasteiger partial charge on any atom is 0.315 e. The second-order valence-electron chi connectivity index (χ2n) is 4.11. The first kappa shape index (κ1) is 14.4. The molecule has 0 aliphatic heterocycles. The Bertz CT molecular complexity index is 740. The molecule has 0 saturated carbocycles. The van der Waals surface area contributed by atoms with Gasteiger partial charge in [0, 0.05) is 23.3 Å². The first-order chi connectivity index (χ1) is 9.79. The molecule has 0 aromatic heterocycles. The molecule has 108 valence electrons. The average molecular weight is 295 g/mol. The monoisotopic (exact) mass is 295 g/mol. The molecule has 0 radical (unpaired) electrons. The fourth-order valence-corrected chi connectivity index (χ4v) is 1.73. The molecule has 0 fully saturated rings. The van der Waals surface area contributed by atoms with Crippen LogP contribution in [0.1, 0.15) is 15.9 Å². The second kappa shape index (κ2) is 5.16. The van der Waals surface area contributed by atoms with Gasteiger partial charge in [-0.3, -0.25) is 14.9 Å². The first-order valence-electron chi connectivity index (χ1n) is 5.50. The highest BCUT2D eigenvalue weighted by Gasteiger charge is 2.22. The molecule has 0 heterocycles. The molecule has 6 nitrogen and oxygen atoms in total. The summed E-state index contributed by atoms with van der Waals surface area (Å²) < 4.78 is 26.1. The molecule has 0 amide bonds. The Labute approximate surface area is 116 Å². The number of nitro benzene ring substituents is 1. The van der Waals surface area contributed by atoms with Gasteiger partial charge in [-0.05, 0) is 18.2 Å². The van der Waals surface area contributed by atoms with Crippen LogP contribution in [0.2, 0.25) is 0 Å². The lowest BCUT2D eigenvalue weighted by molar-refractivity contribution is -0.386. The van der Waals surface area contributed by atoms with Gasteiger partial charge in [0.15, 0.2) is 11.5 Å². The summed E-state index contributed by atoms with van der Waals surface area (Å²) in [6.45, 7) is 0. The van der Waals surface area contributed by atoms with Gasteiger partial charge in [-0.1, -0.05) is 0 Å². The van der Waals surface area contributed by atoms with E-state index in [2.05, 4.69) is 0 Å². The number of carbonyl (C=O) groups is 1. The molecule has 0 aliphatic carbocycles. The number of hydrogen-bond donors (Lipinski definition) is 2. The summed E-state index contributed by atoms with van der Waals surface area (Å²) in [7, 11) is 0. The Kier molecular flexibility index (Phi) is 3.53. The number of aromatic hydroxyl groups is 2. The molecule has 8 heteroatoms. The van der Waals surface area contributed by atoms with E-state index in [1.807, 2.05) is 0 Å². The number of halogens is 2. The van der Waals surface area contributed by atoms with E-state index in [0.717, 1.165) is 18.2 Å². The second-order valence-corrected chi connectivity index (χ2v) is 4.11. The highest BCUT2D eigenvalue weighted by atomic mass is 19.1. The predicted molar refractivity (Wildman–Crippen MR) is 66.2 cm³/mol. The summed E-state index contributed by atoms with van der Waals surface area (Å²) >= 11 is 0. The van der Waals surface area contributed by atoms with Crippen molar-refractivity contribution in [3.8, 4) is 11.5 Å². The standard InChI is InChI=1S/C13H7F2NO5/c14-8-1-6(2-9(15)5-8)12(18)7-3-10(16(20)21)13(19)11(17)4-7/h1-5,17,19H. The van der Waals surface area contributed by atoms with Crippen LogP contribution in [-0.4, -0.2) is 20.9 Å². The SMILES string of the molecule is O=C(c1cc(F)cc(F)c1)c1cc(O)c(O)c([N+](=O)[O-])c1. The molecule has 2 rings (SSSR count). The third kappa shape index (κ3) is 2.78. The lowest BCUT2D eigenvalue weighted by Crippen LogP contribution is -2.04. The van der Waals surface area contributed by atoms with E-state index in [1.54, 1.807) is 0 Å². The highest BCUT2D eigenvalue weighted by Crippen LogP contribution is 2.36. The predicted octanol–water partition coefficient (Wildman–Crippen LogP) is 2.52. The number of phenolic OH excluding ortho intramolecular Hbond substituents is 2. The molecule has 0 spiro atoms. The van der Waals surface area contributed by atoms with Crippen LogP contribution in [0.5, 0.6) is 11.5 Å². The van der Waals surface area contributed by atoms with E-state index in [9.17, 15) is 33.9 Å². The van der Waals surface area contributed by atoms with Crippen LogP contribution in [0.4, 0.5) is 14.5 Å². The molecule has 2 aromatic rings. The van der Waals surface area contributed by atoms with Crippen LogP contribution in [0, 0.1) is 21.7 Å². The summed E-state index contributed by atoms with van der Waals surface area (Å²) in [5.41, 5.74) is -1.66. The topological polar surface area (TPSA) is 101 Å². The van der Waals surface area contributed by atoms with Crippen molar-refractivity contribution in [3.05, 3.63) is 63.2 Å². The quantitative estimate of drug-likeness (QED) is 0.392. The number of phenols is 2. The lowest BCUT2D eigenvalue weighted by Gasteiger charge is -2.05. The summed E-state index contributed by atoms with van der Waals surface area (Å²) in [6, 6.07) is 3.55. The number of ketones is 1. The number of rotatable bonds is 3. The van der Waals surface area contributed by atoms with Crippen molar-refractivity contribution >= 4 is 11.5 Å². The van der Waals surface area contributed by atoms with Crippen molar-refractivity contribution in [2.75, 3.05) is 0 Å². The van der Waals surface area contributed by atoms with Crippen LogP contribution in [-0.2, 0) is 0 Å². The molecule has 0 bridgehead atoms. The summed E-state index contributed by atoms with van der Waals surface area (Å²) in [6.07, 6.45) is 0. The van der Waals surface area contributed by atoms with Gasteiger partial charge in [0.05, 0.1) is 4.92 Å². The van der Waals surface area contributed by atoms with Crippen molar-refractivity contribution in [1.82, 2.24) is 0 Å². The van der Waals surface area contributed by atoms with Gasteiger partial charge < -0.3 is 10.2 Å². The minimum Gasteiger partial charge on any atom is -0.504 e. The minimum absolute atomic E-state index is 0.383. The van der Waals surface area contributed by atoms with Gasteiger partial charge >= 0.3 is 5.69 Å². The molecule has 0 unspecified atom stereocenters. The van der Waals surface area contributed by atoms with Gasteiger partial charge in [0.1, 0.15) is 11.6 Å². The zero-order valence-corrected chi connectivity index (χ0v) is 10.2. The zero-order chi connectivity index (χ0) is 15.7. The molecule has 0 saturated heterocycles. The van der Waals surface area contributed by atoms with E-state index in [1.165, 1.54) is 0 Å². The van der Waals surface area contributed by atoms with Gasteiger partial charge in [-0.15, -0.1) is 0 Å². The normalized spacial score (nSPS) is 10.4. The molecular formula is C13H7F2NO5. The Morgan fingerprint density at radius 3 is 2.05 bits per heavy atom. The average Bonchev–Trinajstić information content (AvgIpc) is 2.39. The van der Waals surface area contributed by atoms with Crippen molar-refractivity contribution in [2.45, 2.75) is 0 Å². The fraction of sp³-hybridized carbons (Fsp3) is 0. The largest absolute Gasteiger partial charge is 0.504 e. The Morgan fingerprint density at radius 1 is 1.00 bits per heavy atom. The number of nitro groups is 1. The van der Waals surface area contributed by atoms with Crippen molar-refractivity contribution in [1.29, 1.82) is 0 Å². The third-order valence-electron chi connectivity index (χ3n) is 2.65. The highest BCUT2D eigenvalue weighted by molar-refractivity contribution is 6.09. The Balaban J connectivity index is 2.56. The van der Waals surface area contributed by atoms with Gasteiger partial charge in [-0.2, -0.15) is 0 Å². The number of nitrogens with zero attached hydrogens (tertiary/aromatic N) is 1. The van der Waals surface area contributed by atoms with Crippen LogP contribution in [0.25, 0.3) is 0 Å². The van der Waals surface area contributed by atoms with Crippen LogP contribution < -0.4 is 0 Å². The summed E-state index contributed by atoms with van der Waals surface area (Å²) in [4.78, 5) is 21.7. The fourth-order valence-electron chi connectivity index (χ4n) is 1.73. The number of benzene rings is 2. The Hall–Kier alpha value is -3.03. The smallest absolute Gasteiger partial charge is 0.315 e. The van der Waals surface area contributed by atoms with Crippen molar-refractivity contribution in [2.24, 2.45) is 0 Å². The van der Waals surface area contributed by atoms with Crippen molar-refractivity contribution < 1.29 is 28.7 Å². The van der Waals surface area contributed by atoms with E-state index in [-0.39, 0.29) is 11.1 Å². The number of carbonyl (C=O) groups excluding carboxylic acids is 1. The summed E-state index contributed by atoms with van der Waals surface area (Å²) in [5.74, 6) is -4.80. The van der Waals surface area contributed by atoms with Gasteiger partial charge in [0.25, 0.3) is 0 Å². The molecular weight excluding hydrogens is 288 g/mol. The van der Waals surface area contributed by atoms with Gasteiger partial charge in [-0.25, -0.2) is 8.78 Å². The minimum atomic E-state index is -1.00. The summed E-state index contributed by atoms with van der Waals surface area (Å²) in [5, 5.41) is 29.4. The van der Waals surface area contributed by atoms with Crippen molar-refractivity contribution in [3.63, 3.8) is 0 Å².